The van der Waals surface area contributed by atoms with Crippen LogP contribution in [0.5, 0.6) is 23.0 Å². The predicted molar refractivity (Wildman–Crippen MR) is 127 cm³/mol. The smallest absolute Gasteiger partial charge is 0.337 e. The SMILES string of the molecule is Nc1ccc(Oc2c(F)c(F)c(-c3c(F)c(F)c(Oc4ccc(N)c(C(=O)O)c4)c(F)c3F)c(F)c2F)cc1C(=O)O. The predicted octanol–water partition coefficient (Wildman–Crippen LogP) is 6.61. The van der Waals surface area contributed by atoms with Crippen LogP contribution in [-0.4, -0.2) is 22.2 Å². The molecule has 0 aromatic heterocycles. The number of carboxylic acids is 2. The number of nitrogens with two attached hydrogens (primary N) is 2. The molecule has 4 rings (SSSR count). The second-order valence-corrected chi connectivity index (χ2v) is 8.23. The molecular formula is C26H12F8N2O6. The zero-order valence-electron chi connectivity index (χ0n) is 20.2. The zero-order valence-corrected chi connectivity index (χ0v) is 20.2. The minimum atomic E-state index is -2.55. The molecule has 0 saturated carbocycles. The molecule has 0 radical (unpaired) electrons. The van der Waals surface area contributed by atoms with E-state index < -0.39 is 104 Å². The van der Waals surface area contributed by atoms with Crippen LogP contribution in [0.1, 0.15) is 20.7 Å². The van der Waals surface area contributed by atoms with Crippen LogP contribution in [0.25, 0.3) is 11.1 Å². The van der Waals surface area contributed by atoms with E-state index in [-0.39, 0.29) is 11.4 Å². The number of carbonyl (C=O) groups is 2. The second kappa shape index (κ2) is 10.8. The lowest BCUT2D eigenvalue weighted by Gasteiger charge is -2.16. The number of ether oxygens (including phenoxy) is 2. The zero-order chi connectivity index (χ0) is 31.2. The van der Waals surface area contributed by atoms with Gasteiger partial charge in [-0.05, 0) is 36.4 Å². The van der Waals surface area contributed by atoms with Gasteiger partial charge in [0.2, 0.25) is 34.8 Å². The van der Waals surface area contributed by atoms with Crippen LogP contribution in [0.3, 0.4) is 0 Å². The molecule has 0 aliphatic heterocycles. The molecule has 42 heavy (non-hydrogen) atoms. The molecule has 0 aliphatic rings. The van der Waals surface area contributed by atoms with Crippen LogP contribution < -0.4 is 20.9 Å². The van der Waals surface area contributed by atoms with Crippen molar-refractivity contribution in [1.29, 1.82) is 0 Å². The van der Waals surface area contributed by atoms with E-state index in [0.717, 1.165) is 24.3 Å². The Morgan fingerprint density at radius 1 is 0.524 bits per heavy atom. The van der Waals surface area contributed by atoms with Crippen LogP contribution >= 0.6 is 0 Å². The molecule has 4 aromatic rings. The number of aromatic carboxylic acids is 2. The maximum Gasteiger partial charge on any atom is 0.337 e. The average Bonchev–Trinajstić information content (AvgIpc) is 2.94. The van der Waals surface area contributed by atoms with E-state index in [2.05, 4.69) is 0 Å². The van der Waals surface area contributed by atoms with Crippen molar-refractivity contribution in [3.05, 3.63) is 94.1 Å². The molecular weight excluding hydrogens is 588 g/mol. The van der Waals surface area contributed by atoms with Gasteiger partial charge in [-0.1, -0.05) is 0 Å². The van der Waals surface area contributed by atoms with Crippen molar-refractivity contribution in [2.45, 2.75) is 0 Å². The third kappa shape index (κ3) is 4.93. The lowest BCUT2D eigenvalue weighted by Crippen LogP contribution is -2.09. The van der Waals surface area contributed by atoms with E-state index >= 15 is 0 Å². The average molecular weight is 600 g/mol. The third-order valence-corrected chi connectivity index (χ3v) is 5.65. The molecule has 0 bridgehead atoms. The summed E-state index contributed by atoms with van der Waals surface area (Å²) in [7, 11) is 0. The first kappa shape index (κ1) is 29.4. The van der Waals surface area contributed by atoms with E-state index in [1.807, 2.05) is 0 Å². The highest BCUT2D eigenvalue weighted by Crippen LogP contribution is 2.43. The van der Waals surface area contributed by atoms with E-state index in [1.54, 1.807) is 0 Å². The number of rotatable bonds is 7. The lowest BCUT2D eigenvalue weighted by atomic mass is 10.0. The number of hydrogen-bond acceptors (Lipinski definition) is 6. The summed E-state index contributed by atoms with van der Waals surface area (Å²) in [5, 5.41) is 18.2. The van der Waals surface area contributed by atoms with Gasteiger partial charge in [0.05, 0.1) is 22.3 Å². The summed E-state index contributed by atoms with van der Waals surface area (Å²) in [6, 6.07) is 4.86. The van der Waals surface area contributed by atoms with E-state index in [4.69, 9.17) is 31.2 Å². The number of carboxylic acid groups (broad SMARTS) is 2. The molecule has 4 aromatic carbocycles. The summed E-state index contributed by atoms with van der Waals surface area (Å²) in [5.41, 5.74) is 4.57. The highest BCUT2D eigenvalue weighted by atomic mass is 19.2. The number of benzene rings is 4. The Bertz CT molecular complexity index is 1630. The van der Waals surface area contributed by atoms with E-state index in [1.165, 1.54) is 0 Å². The molecule has 0 atom stereocenters. The highest BCUT2D eigenvalue weighted by Gasteiger charge is 2.36. The van der Waals surface area contributed by atoms with Crippen molar-refractivity contribution < 1.29 is 64.4 Å². The van der Waals surface area contributed by atoms with Crippen LogP contribution in [0, 0.1) is 46.5 Å². The van der Waals surface area contributed by atoms with E-state index in [9.17, 15) is 44.7 Å². The summed E-state index contributed by atoms with van der Waals surface area (Å²) < 4.78 is 128. The molecule has 0 amide bonds. The van der Waals surface area contributed by atoms with Crippen molar-refractivity contribution in [3.8, 4) is 34.1 Å². The fourth-order valence-corrected chi connectivity index (χ4v) is 3.65. The van der Waals surface area contributed by atoms with Crippen LogP contribution in [-0.2, 0) is 0 Å². The van der Waals surface area contributed by atoms with Crippen molar-refractivity contribution in [1.82, 2.24) is 0 Å². The number of halogens is 8. The van der Waals surface area contributed by atoms with Gasteiger partial charge in [-0.15, -0.1) is 0 Å². The summed E-state index contributed by atoms with van der Waals surface area (Å²) in [5.74, 6) is -28.1. The number of anilines is 2. The van der Waals surface area contributed by atoms with Gasteiger partial charge in [-0.25, -0.2) is 27.2 Å². The van der Waals surface area contributed by atoms with Crippen LogP contribution in [0.2, 0.25) is 0 Å². The topological polar surface area (TPSA) is 145 Å². The first-order valence-corrected chi connectivity index (χ1v) is 11.0. The normalized spacial score (nSPS) is 11.0. The van der Waals surface area contributed by atoms with Crippen LogP contribution in [0.15, 0.2) is 36.4 Å². The minimum absolute atomic E-state index is 0.315. The van der Waals surface area contributed by atoms with Crippen LogP contribution in [0.4, 0.5) is 46.5 Å². The fourth-order valence-electron chi connectivity index (χ4n) is 3.65. The van der Waals surface area contributed by atoms with Gasteiger partial charge in [-0.2, -0.15) is 17.6 Å². The Labute approximate surface area is 227 Å². The molecule has 8 nitrogen and oxygen atoms in total. The van der Waals surface area contributed by atoms with Crippen molar-refractivity contribution in [2.24, 2.45) is 0 Å². The molecule has 16 heteroatoms. The maximum atomic E-state index is 14.9. The molecule has 218 valence electrons. The van der Waals surface area contributed by atoms with Gasteiger partial charge in [0, 0.05) is 11.4 Å². The Morgan fingerprint density at radius 2 is 0.810 bits per heavy atom. The van der Waals surface area contributed by atoms with Gasteiger partial charge < -0.3 is 31.2 Å². The molecule has 0 unspecified atom stereocenters. The number of nitrogen functional groups attached to an aromatic ring is 2. The quantitative estimate of drug-likeness (QED) is 0.105. The highest BCUT2D eigenvalue weighted by molar-refractivity contribution is 5.94. The van der Waals surface area contributed by atoms with Crippen molar-refractivity contribution in [3.63, 3.8) is 0 Å². The standard InChI is InChI=1S/C26H12F8N2O6/c27-15-13(16(28)20(32)23(19(15)31)41-7-1-3-11(35)9(5-7)25(37)38)14-17(29)21(33)24(22(34)18(14)30)42-8-2-4-12(36)10(6-8)26(39)40/h1-6H,35-36H2,(H,37,38)(H,39,40). The Morgan fingerprint density at radius 3 is 1.07 bits per heavy atom. The summed E-state index contributed by atoms with van der Waals surface area (Å²) in [4.78, 5) is 22.4. The maximum absolute atomic E-state index is 14.9. The molecule has 0 fully saturated rings. The second-order valence-electron chi connectivity index (χ2n) is 8.23. The Balaban J connectivity index is 1.83. The fraction of sp³-hybridized carbons (Fsp3) is 0. The summed E-state index contributed by atoms with van der Waals surface area (Å²) >= 11 is 0. The van der Waals surface area contributed by atoms with Gasteiger partial charge in [0.15, 0.2) is 23.3 Å². The van der Waals surface area contributed by atoms with E-state index in [0.29, 0.717) is 12.1 Å². The molecule has 0 saturated heterocycles. The van der Waals surface area contributed by atoms with Gasteiger partial charge in [-0.3, -0.25) is 0 Å². The molecule has 6 N–H and O–H groups in total. The van der Waals surface area contributed by atoms with Gasteiger partial charge in [0.25, 0.3) is 0 Å². The van der Waals surface area contributed by atoms with Crippen molar-refractivity contribution in [2.75, 3.05) is 11.5 Å². The molecule has 0 heterocycles. The van der Waals surface area contributed by atoms with Crippen molar-refractivity contribution >= 4 is 23.3 Å². The molecule has 0 aliphatic carbocycles. The van der Waals surface area contributed by atoms with Gasteiger partial charge >= 0.3 is 11.9 Å². The number of hydrogen-bond donors (Lipinski definition) is 4. The molecule has 0 spiro atoms. The lowest BCUT2D eigenvalue weighted by molar-refractivity contribution is 0.0687. The summed E-state index contributed by atoms with van der Waals surface area (Å²) in [6.45, 7) is 0. The third-order valence-electron chi connectivity index (χ3n) is 5.65. The first-order chi connectivity index (χ1) is 19.6. The Kier molecular flexibility index (Phi) is 7.57. The minimum Gasteiger partial charge on any atom is -0.478 e. The largest absolute Gasteiger partial charge is 0.478 e. The first-order valence-electron chi connectivity index (χ1n) is 11.0. The summed E-state index contributed by atoms with van der Waals surface area (Å²) in [6.07, 6.45) is 0. The monoisotopic (exact) mass is 600 g/mol. The Hall–Kier alpha value is -5.54. The van der Waals surface area contributed by atoms with Gasteiger partial charge in [0.1, 0.15) is 11.5 Å².